The number of benzene rings is 2. The molecule has 0 heterocycles. The molecular formula is C19H25N3O. The van der Waals surface area contributed by atoms with Crippen LogP contribution in [0.3, 0.4) is 0 Å². The Balaban J connectivity index is 1.94. The maximum atomic E-state index is 5.13. The molecule has 1 N–H and O–H groups in total. The van der Waals surface area contributed by atoms with E-state index in [1.54, 1.807) is 7.11 Å². The van der Waals surface area contributed by atoms with E-state index in [2.05, 4.69) is 46.7 Å². The van der Waals surface area contributed by atoms with Gasteiger partial charge in [0.15, 0.2) is 5.96 Å². The minimum absolute atomic E-state index is 0.648. The van der Waals surface area contributed by atoms with Gasteiger partial charge in [-0.25, -0.2) is 4.99 Å². The van der Waals surface area contributed by atoms with Crippen molar-refractivity contribution in [2.45, 2.75) is 19.7 Å². The van der Waals surface area contributed by atoms with Crippen molar-refractivity contribution in [1.29, 1.82) is 0 Å². The Morgan fingerprint density at radius 1 is 0.957 bits per heavy atom. The number of rotatable bonds is 6. The standard InChI is InChI=1S/C19H25N3O/c1-22(2)19(20-13-16-7-5-4-6-8-16)21-14-17-9-11-18(12-10-17)15-23-3/h4-12H,13-15H2,1-3H3,(H,20,21). The lowest BCUT2D eigenvalue weighted by Crippen LogP contribution is -2.36. The van der Waals surface area contributed by atoms with Gasteiger partial charge in [0.25, 0.3) is 0 Å². The second-order valence-electron chi connectivity index (χ2n) is 5.62. The van der Waals surface area contributed by atoms with Crippen molar-refractivity contribution >= 4 is 5.96 Å². The lowest BCUT2D eigenvalue weighted by Gasteiger charge is -2.18. The van der Waals surface area contributed by atoms with Gasteiger partial charge in [-0.2, -0.15) is 0 Å². The fraction of sp³-hybridized carbons (Fsp3) is 0.316. The molecule has 0 amide bonds. The molecule has 0 saturated heterocycles. The molecule has 2 rings (SSSR count). The minimum Gasteiger partial charge on any atom is -0.380 e. The monoisotopic (exact) mass is 311 g/mol. The molecule has 0 aromatic heterocycles. The summed E-state index contributed by atoms with van der Waals surface area (Å²) in [5, 5.41) is 3.40. The molecular weight excluding hydrogens is 286 g/mol. The summed E-state index contributed by atoms with van der Waals surface area (Å²) in [5.74, 6) is 0.884. The van der Waals surface area contributed by atoms with Crippen LogP contribution in [0.25, 0.3) is 0 Å². The highest BCUT2D eigenvalue weighted by atomic mass is 16.5. The van der Waals surface area contributed by atoms with E-state index in [0.29, 0.717) is 13.2 Å². The Hall–Kier alpha value is -2.33. The molecule has 4 nitrogen and oxygen atoms in total. The Labute approximate surface area is 138 Å². The summed E-state index contributed by atoms with van der Waals surface area (Å²) in [6.45, 7) is 2.07. The van der Waals surface area contributed by atoms with Crippen LogP contribution in [0.1, 0.15) is 16.7 Å². The van der Waals surface area contributed by atoms with Gasteiger partial charge in [0.05, 0.1) is 13.2 Å². The zero-order chi connectivity index (χ0) is 16.5. The highest BCUT2D eigenvalue weighted by Gasteiger charge is 2.02. The first-order valence-electron chi connectivity index (χ1n) is 7.75. The fourth-order valence-electron chi connectivity index (χ4n) is 2.21. The average Bonchev–Trinajstić information content (AvgIpc) is 2.57. The van der Waals surface area contributed by atoms with E-state index in [0.717, 1.165) is 12.5 Å². The molecule has 2 aromatic carbocycles. The van der Waals surface area contributed by atoms with Crippen molar-refractivity contribution in [3.63, 3.8) is 0 Å². The summed E-state index contributed by atoms with van der Waals surface area (Å²) < 4.78 is 5.13. The van der Waals surface area contributed by atoms with Crippen LogP contribution in [-0.4, -0.2) is 32.1 Å². The van der Waals surface area contributed by atoms with Gasteiger partial charge in [0, 0.05) is 27.7 Å². The molecule has 0 radical (unpaired) electrons. The smallest absolute Gasteiger partial charge is 0.194 e. The first kappa shape index (κ1) is 17.0. The van der Waals surface area contributed by atoms with Crippen molar-refractivity contribution in [3.05, 3.63) is 71.3 Å². The third-order valence-electron chi connectivity index (χ3n) is 3.46. The van der Waals surface area contributed by atoms with Crippen LogP contribution in [0.15, 0.2) is 59.6 Å². The van der Waals surface area contributed by atoms with Crippen LogP contribution in [-0.2, 0) is 24.4 Å². The largest absolute Gasteiger partial charge is 0.380 e. The fourth-order valence-corrected chi connectivity index (χ4v) is 2.21. The van der Waals surface area contributed by atoms with E-state index in [1.807, 2.05) is 37.2 Å². The lowest BCUT2D eigenvalue weighted by molar-refractivity contribution is 0.185. The summed E-state index contributed by atoms with van der Waals surface area (Å²) in [6, 6.07) is 18.7. The van der Waals surface area contributed by atoms with Crippen LogP contribution in [0.4, 0.5) is 0 Å². The number of nitrogens with zero attached hydrogens (tertiary/aromatic N) is 2. The van der Waals surface area contributed by atoms with Gasteiger partial charge in [-0.1, -0.05) is 54.6 Å². The normalized spacial score (nSPS) is 11.3. The maximum absolute atomic E-state index is 5.13. The molecule has 4 heteroatoms. The average molecular weight is 311 g/mol. The molecule has 0 fully saturated rings. The van der Waals surface area contributed by atoms with Gasteiger partial charge in [-0.05, 0) is 16.7 Å². The number of nitrogens with one attached hydrogen (secondary N) is 1. The summed E-state index contributed by atoms with van der Waals surface area (Å²) in [4.78, 5) is 6.67. The third kappa shape index (κ3) is 5.75. The molecule has 122 valence electrons. The SMILES string of the molecule is COCc1ccc(CNC(=NCc2ccccc2)N(C)C)cc1. The van der Waals surface area contributed by atoms with Crippen LogP contribution in [0, 0.1) is 0 Å². The molecule has 0 unspecified atom stereocenters. The van der Waals surface area contributed by atoms with E-state index in [-0.39, 0.29) is 0 Å². The molecule has 0 aliphatic rings. The summed E-state index contributed by atoms with van der Waals surface area (Å²) in [7, 11) is 5.71. The highest BCUT2D eigenvalue weighted by molar-refractivity contribution is 5.79. The summed E-state index contributed by atoms with van der Waals surface area (Å²) in [6.07, 6.45) is 0. The van der Waals surface area contributed by atoms with E-state index < -0.39 is 0 Å². The number of ether oxygens (including phenoxy) is 1. The Morgan fingerprint density at radius 2 is 1.61 bits per heavy atom. The van der Waals surface area contributed by atoms with Crippen molar-refractivity contribution in [2.24, 2.45) is 4.99 Å². The van der Waals surface area contributed by atoms with Crippen LogP contribution < -0.4 is 5.32 Å². The molecule has 0 atom stereocenters. The quantitative estimate of drug-likeness (QED) is 0.658. The zero-order valence-electron chi connectivity index (χ0n) is 14.1. The van der Waals surface area contributed by atoms with Gasteiger partial charge < -0.3 is 15.0 Å². The van der Waals surface area contributed by atoms with Crippen molar-refractivity contribution in [1.82, 2.24) is 10.2 Å². The second kappa shape index (κ2) is 8.96. The Morgan fingerprint density at radius 3 is 2.22 bits per heavy atom. The van der Waals surface area contributed by atoms with Gasteiger partial charge in [0.1, 0.15) is 0 Å². The predicted molar refractivity (Wildman–Crippen MR) is 95.3 cm³/mol. The maximum Gasteiger partial charge on any atom is 0.194 e. The van der Waals surface area contributed by atoms with Crippen LogP contribution in [0.2, 0.25) is 0 Å². The zero-order valence-corrected chi connectivity index (χ0v) is 14.1. The van der Waals surface area contributed by atoms with E-state index in [4.69, 9.17) is 4.74 Å². The molecule has 0 saturated carbocycles. The van der Waals surface area contributed by atoms with Crippen molar-refractivity contribution < 1.29 is 4.74 Å². The molecule has 0 bridgehead atoms. The van der Waals surface area contributed by atoms with Gasteiger partial charge in [-0.15, -0.1) is 0 Å². The number of aliphatic imine (C=N–C) groups is 1. The van der Waals surface area contributed by atoms with Crippen molar-refractivity contribution in [2.75, 3.05) is 21.2 Å². The number of methoxy groups -OCH3 is 1. The lowest BCUT2D eigenvalue weighted by atomic mass is 10.1. The number of guanidine groups is 1. The van der Waals surface area contributed by atoms with Crippen molar-refractivity contribution in [3.8, 4) is 0 Å². The van der Waals surface area contributed by atoms with E-state index in [9.17, 15) is 0 Å². The van der Waals surface area contributed by atoms with Gasteiger partial charge in [-0.3, -0.25) is 0 Å². The number of hydrogen-bond acceptors (Lipinski definition) is 2. The molecule has 0 aliphatic carbocycles. The summed E-state index contributed by atoms with van der Waals surface area (Å²) >= 11 is 0. The Bertz CT molecular complexity index is 606. The first-order chi connectivity index (χ1) is 11.2. The third-order valence-corrected chi connectivity index (χ3v) is 3.46. The highest BCUT2D eigenvalue weighted by Crippen LogP contribution is 2.06. The Kier molecular flexibility index (Phi) is 6.63. The van der Waals surface area contributed by atoms with Gasteiger partial charge in [0.2, 0.25) is 0 Å². The number of hydrogen-bond donors (Lipinski definition) is 1. The molecule has 0 spiro atoms. The topological polar surface area (TPSA) is 36.9 Å². The van der Waals surface area contributed by atoms with E-state index >= 15 is 0 Å². The molecule has 23 heavy (non-hydrogen) atoms. The molecule has 2 aromatic rings. The minimum atomic E-state index is 0.648. The van der Waals surface area contributed by atoms with Crippen LogP contribution >= 0.6 is 0 Å². The summed E-state index contributed by atoms with van der Waals surface area (Å²) in [5.41, 5.74) is 3.61. The van der Waals surface area contributed by atoms with Crippen LogP contribution in [0.5, 0.6) is 0 Å². The molecule has 0 aliphatic heterocycles. The van der Waals surface area contributed by atoms with E-state index in [1.165, 1.54) is 16.7 Å². The second-order valence-corrected chi connectivity index (χ2v) is 5.62. The predicted octanol–water partition coefficient (Wildman–Crippen LogP) is 3.04. The first-order valence-corrected chi connectivity index (χ1v) is 7.75. The van der Waals surface area contributed by atoms with Gasteiger partial charge >= 0.3 is 0 Å².